The number of pyridine rings is 1. The summed E-state index contributed by atoms with van der Waals surface area (Å²) in [6, 6.07) is 10.4. The largest absolute Gasteiger partial charge is 0.465 e. The lowest BCUT2D eigenvalue weighted by molar-refractivity contribution is -0.144. The quantitative estimate of drug-likeness (QED) is 0.329. The fraction of sp³-hybridized carbons (Fsp3) is 0.548. The molecular weight excluding hydrogens is 570 g/mol. The van der Waals surface area contributed by atoms with E-state index < -0.39 is 0 Å². The molecular formula is C31H42BrN5O3. The van der Waals surface area contributed by atoms with Crippen LogP contribution in [0.1, 0.15) is 84.9 Å². The summed E-state index contributed by atoms with van der Waals surface area (Å²) in [6.07, 6.45) is 2.36. The van der Waals surface area contributed by atoms with Crippen molar-refractivity contribution < 1.29 is 14.3 Å². The number of Topliss-reactive ketones (excluding diaryl/α,β-unsaturated/α-hetero) is 1. The Balaban J connectivity index is 0.00000370. The minimum absolute atomic E-state index is 0. The Morgan fingerprint density at radius 1 is 1.02 bits per heavy atom. The van der Waals surface area contributed by atoms with Crippen molar-refractivity contribution in [2.24, 2.45) is 0 Å². The number of rotatable bonds is 9. The van der Waals surface area contributed by atoms with Crippen LogP contribution in [0.25, 0.3) is 0 Å². The zero-order valence-corrected chi connectivity index (χ0v) is 25.9. The van der Waals surface area contributed by atoms with Crippen LogP contribution in [-0.4, -0.2) is 83.1 Å². The molecule has 0 bridgehead atoms. The average Bonchev–Trinajstić information content (AvgIpc) is 3.70. The third-order valence-corrected chi connectivity index (χ3v) is 7.94. The molecule has 5 rings (SSSR count). The highest BCUT2D eigenvalue weighted by molar-refractivity contribution is 8.93. The Labute approximate surface area is 248 Å². The van der Waals surface area contributed by atoms with Gasteiger partial charge in [0.15, 0.2) is 5.78 Å². The van der Waals surface area contributed by atoms with Gasteiger partial charge in [0.2, 0.25) is 0 Å². The summed E-state index contributed by atoms with van der Waals surface area (Å²) >= 11 is 0. The first-order valence-electron chi connectivity index (χ1n) is 14.2. The molecule has 1 aromatic carbocycles. The van der Waals surface area contributed by atoms with Gasteiger partial charge in [0.05, 0.1) is 19.7 Å². The van der Waals surface area contributed by atoms with Gasteiger partial charge in [-0.1, -0.05) is 32.9 Å². The number of benzene rings is 1. The minimum atomic E-state index is -0.166. The van der Waals surface area contributed by atoms with Crippen LogP contribution in [0.2, 0.25) is 0 Å². The van der Waals surface area contributed by atoms with E-state index in [9.17, 15) is 9.59 Å². The molecule has 1 aromatic heterocycles. The van der Waals surface area contributed by atoms with Crippen LogP contribution in [0.15, 0.2) is 30.3 Å². The van der Waals surface area contributed by atoms with Crippen molar-refractivity contribution in [1.29, 1.82) is 5.41 Å². The normalized spacial score (nSPS) is 17.9. The number of fused-ring (bicyclic) bond motifs is 1. The van der Waals surface area contributed by atoms with Gasteiger partial charge >= 0.3 is 5.97 Å². The zero-order chi connectivity index (χ0) is 27.7. The standard InChI is InChI=1S/C31H41N5O3.BrH/c1-5-39-28(38)20-35-12-10-34(11-13-35)17-21-14-24(16-25(15-21)31(2,3)4)27(37)19-36-18-23-8-9-26(22-6-7-22)33-29(23)30(36)32;/h8-9,14-16,22,32H,5-7,10-13,17-20H2,1-4H3;1H. The summed E-state index contributed by atoms with van der Waals surface area (Å²) < 4.78 is 5.09. The zero-order valence-electron chi connectivity index (χ0n) is 24.2. The molecule has 0 amide bonds. The van der Waals surface area contributed by atoms with Crippen molar-refractivity contribution in [1.82, 2.24) is 19.7 Å². The molecule has 2 fully saturated rings. The van der Waals surface area contributed by atoms with Crippen molar-refractivity contribution in [2.45, 2.75) is 65.0 Å². The van der Waals surface area contributed by atoms with Crippen LogP contribution in [0.3, 0.4) is 0 Å². The topological polar surface area (TPSA) is 89.8 Å². The first kappa shape index (κ1) is 30.3. The van der Waals surface area contributed by atoms with E-state index >= 15 is 0 Å². The molecule has 0 unspecified atom stereocenters. The van der Waals surface area contributed by atoms with Gasteiger partial charge in [0, 0.05) is 62.0 Å². The molecule has 8 nitrogen and oxygen atoms in total. The van der Waals surface area contributed by atoms with Gasteiger partial charge in [-0.15, -0.1) is 17.0 Å². The maximum absolute atomic E-state index is 13.6. The maximum atomic E-state index is 13.6. The van der Waals surface area contributed by atoms with E-state index in [1.807, 2.05) is 24.0 Å². The number of hydrogen-bond acceptors (Lipinski definition) is 7. The van der Waals surface area contributed by atoms with Gasteiger partial charge < -0.3 is 9.64 Å². The van der Waals surface area contributed by atoms with Gasteiger partial charge in [-0.25, -0.2) is 4.98 Å². The fourth-order valence-corrected chi connectivity index (χ4v) is 5.41. The summed E-state index contributed by atoms with van der Waals surface area (Å²) in [6.45, 7) is 13.9. The summed E-state index contributed by atoms with van der Waals surface area (Å²) in [5.41, 5.74) is 5.72. The van der Waals surface area contributed by atoms with E-state index in [-0.39, 0.29) is 40.7 Å². The first-order valence-corrected chi connectivity index (χ1v) is 14.2. The number of amidine groups is 1. The SMILES string of the molecule is Br.CCOC(=O)CN1CCN(Cc2cc(C(=O)CN3Cc4ccc(C5CC5)nc4C3=N)cc(C(C)(C)C)c2)CC1. The second-order valence-corrected chi connectivity index (χ2v) is 12.2. The highest BCUT2D eigenvalue weighted by Crippen LogP contribution is 2.39. The third kappa shape index (κ3) is 7.17. The van der Waals surface area contributed by atoms with E-state index in [4.69, 9.17) is 15.1 Å². The lowest BCUT2D eigenvalue weighted by Gasteiger charge is -2.34. The molecule has 3 aliphatic rings. The van der Waals surface area contributed by atoms with Gasteiger partial charge in [0.25, 0.3) is 0 Å². The highest BCUT2D eigenvalue weighted by Gasteiger charge is 2.31. The molecule has 2 aliphatic heterocycles. The van der Waals surface area contributed by atoms with Crippen LogP contribution in [0.4, 0.5) is 0 Å². The van der Waals surface area contributed by atoms with Gasteiger partial charge in [-0.3, -0.25) is 24.8 Å². The lowest BCUT2D eigenvalue weighted by atomic mass is 9.84. The second-order valence-electron chi connectivity index (χ2n) is 12.2. The Kier molecular flexibility index (Phi) is 9.47. The Morgan fingerprint density at radius 3 is 2.38 bits per heavy atom. The number of halogens is 1. The molecule has 2 aromatic rings. The summed E-state index contributed by atoms with van der Waals surface area (Å²) in [5, 5.41) is 8.71. The van der Waals surface area contributed by atoms with Crippen LogP contribution in [0, 0.1) is 5.41 Å². The van der Waals surface area contributed by atoms with Crippen molar-refractivity contribution in [3.05, 3.63) is 64.0 Å². The monoisotopic (exact) mass is 611 g/mol. The fourth-order valence-electron chi connectivity index (χ4n) is 5.41. The predicted molar refractivity (Wildman–Crippen MR) is 162 cm³/mol. The number of carbonyl (C=O) groups is 2. The van der Waals surface area contributed by atoms with E-state index in [1.165, 1.54) is 12.8 Å². The minimum Gasteiger partial charge on any atom is -0.465 e. The van der Waals surface area contributed by atoms with E-state index in [0.717, 1.165) is 60.8 Å². The van der Waals surface area contributed by atoms with Crippen molar-refractivity contribution in [2.75, 3.05) is 45.9 Å². The highest BCUT2D eigenvalue weighted by atomic mass is 79.9. The van der Waals surface area contributed by atoms with Gasteiger partial charge in [-0.2, -0.15) is 0 Å². The summed E-state index contributed by atoms with van der Waals surface area (Å²) in [5.74, 6) is 0.758. The number of hydrogen-bond donors (Lipinski definition) is 1. The molecule has 1 aliphatic carbocycles. The Bertz CT molecular complexity index is 1260. The van der Waals surface area contributed by atoms with Crippen LogP contribution >= 0.6 is 17.0 Å². The first-order chi connectivity index (χ1) is 18.6. The summed E-state index contributed by atoms with van der Waals surface area (Å²) in [7, 11) is 0. The maximum Gasteiger partial charge on any atom is 0.320 e. The Morgan fingerprint density at radius 2 is 1.73 bits per heavy atom. The van der Waals surface area contributed by atoms with Crippen LogP contribution in [-0.2, 0) is 28.0 Å². The number of esters is 1. The number of nitrogens with zero attached hydrogens (tertiary/aromatic N) is 4. The van der Waals surface area contributed by atoms with E-state index in [2.05, 4.69) is 48.8 Å². The lowest BCUT2D eigenvalue weighted by Crippen LogP contribution is -2.47. The van der Waals surface area contributed by atoms with Crippen LogP contribution in [0.5, 0.6) is 0 Å². The number of piperazine rings is 1. The molecule has 9 heteroatoms. The van der Waals surface area contributed by atoms with Crippen molar-refractivity contribution in [3.8, 4) is 0 Å². The molecule has 1 saturated heterocycles. The molecule has 1 N–H and O–H groups in total. The molecule has 0 atom stereocenters. The molecule has 1 saturated carbocycles. The molecule has 0 radical (unpaired) electrons. The summed E-state index contributed by atoms with van der Waals surface area (Å²) in [4.78, 5) is 36.6. The number of aromatic nitrogens is 1. The molecule has 40 heavy (non-hydrogen) atoms. The van der Waals surface area contributed by atoms with E-state index in [1.54, 1.807) is 0 Å². The molecule has 3 heterocycles. The predicted octanol–water partition coefficient (Wildman–Crippen LogP) is 4.54. The molecule has 0 spiro atoms. The average molecular weight is 613 g/mol. The van der Waals surface area contributed by atoms with Crippen LogP contribution < -0.4 is 0 Å². The van der Waals surface area contributed by atoms with E-state index in [0.29, 0.717) is 37.0 Å². The number of ether oxygens (including phenoxy) is 1. The number of nitrogens with one attached hydrogen (secondary N) is 1. The van der Waals surface area contributed by atoms with Gasteiger partial charge in [-0.05, 0) is 54.5 Å². The smallest absolute Gasteiger partial charge is 0.320 e. The van der Waals surface area contributed by atoms with Crippen molar-refractivity contribution in [3.63, 3.8) is 0 Å². The molecule has 216 valence electrons. The van der Waals surface area contributed by atoms with Crippen molar-refractivity contribution >= 4 is 34.6 Å². The second kappa shape index (κ2) is 12.5. The Hall–Kier alpha value is -2.62. The number of ketones is 1. The van der Waals surface area contributed by atoms with Gasteiger partial charge in [0.1, 0.15) is 11.5 Å². The number of carbonyl (C=O) groups excluding carboxylic acids is 2. The third-order valence-electron chi connectivity index (χ3n) is 7.94.